The topological polar surface area (TPSA) is 42.1 Å². The molecular formula is C11H19N3. The summed E-state index contributed by atoms with van der Waals surface area (Å²) in [5, 5.41) is 0. The first-order chi connectivity index (χ1) is 6.69. The van der Waals surface area contributed by atoms with Crippen LogP contribution in [-0.4, -0.2) is 18.6 Å². The molecule has 0 aromatic carbocycles. The number of rotatable bonds is 4. The Balaban J connectivity index is 2.78. The Bertz CT molecular complexity index is 239. The third-order valence-corrected chi connectivity index (χ3v) is 2.51. The molecule has 2 N–H and O–H groups in total. The van der Waals surface area contributed by atoms with E-state index < -0.39 is 0 Å². The van der Waals surface area contributed by atoms with E-state index in [2.05, 4.69) is 36.8 Å². The van der Waals surface area contributed by atoms with E-state index in [4.69, 9.17) is 5.73 Å². The molecule has 1 heterocycles. The van der Waals surface area contributed by atoms with Gasteiger partial charge in [-0.2, -0.15) is 0 Å². The molecule has 0 bridgehead atoms. The van der Waals surface area contributed by atoms with Gasteiger partial charge in [0, 0.05) is 19.6 Å². The monoisotopic (exact) mass is 193 g/mol. The largest absolute Gasteiger partial charge is 0.374 e. The lowest BCUT2D eigenvalue weighted by Gasteiger charge is -2.17. The van der Waals surface area contributed by atoms with Crippen LogP contribution in [0.4, 0.5) is 5.69 Å². The molecule has 1 rings (SSSR count). The van der Waals surface area contributed by atoms with Crippen LogP contribution in [0.25, 0.3) is 0 Å². The number of hydrogen-bond donors (Lipinski definition) is 1. The van der Waals surface area contributed by atoms with Crippen molar-refractivity contribution in [1.29, 1.82) is 0 Å². The van der Waals surface area contributed by atoms with Gasteiger partial charge in [-0.15, -0.1) is 0 Å². The van der Waals surface area contributed by atoms with Crippen LogP contribution in [0.15, 0.2) is 18.3 Å². The molecular weight excluding hydrogens is 174 g/mol. The highest BCUT2D eigenvalue weighted by Gasteiger charge is 2.05. The highest BCUT2D eigenvalue weighted by molar-refractivity contribution is 5.43. The first kappa shape index (κ1) is 11.0. The molecule has 0 saturated carbocycles. The van der Waals surface area contributed by atoms with Gasteiger partial charge in [-0.05, 0) is 25.5 Å². The molecule has 0 radical (unpaired) electrons. The zero-order chi connectivity index (χ0) is 10.6. The number of nitrogens with zero attached hydrogens (tertiary/aromatic N) is 2. The maximum atomic E-state index is 5.88. The quantitative estimate of drug-likeness (QED) is 0.794. The maximum Gasteiger partial charge on any atom is 0.0572 e. The Morgan fingerprint density at radius 2 is 2.14 bits per heavy atom. The average molecular weight is 193 g/mol. The molecule has 3 nitrogen and oxygen atoms in total. The molecule has 0 aliphatic carbocycles. The van der Waals surface area contributed by atoms with Crippen molar-refractivity contribution in [3.63, 3.8) is 0 Å². The molecule has 3 heteroatoms. The second-order valence-electron chi connectivity index (χ2n) is 3.47. The first-order valence-corrected chi connectivity index (χ1v) is 5.11. The lowest BCUT2D eigenvalue weighted by Crippen LogP contribution is -2.17. The fourth-order valence-corrected chi connectivity index (χ4v) is 1.23. The first-order valence-electron chi connectivity index (χ1n) is 5.11. The summed E-state index contributed by atoms with van der Waals surface area (Å²) in [6.07, 6.45) is 2.81. The lowest BCUT2D eigenvalue weighted by atomic mass is 10.1. The molecule has 0 amide bonds. The Morgan fingerprint density at radius 3 is 2.57 bits per heavy atom. The zero-order valence-electron chi connectivity index (χ0n) is 9.20. The number of nitrogens with two attached hydrogens (primary N) is 1. The third-order valence-electron chi connectivity index (χ3n) is 2.51. The van der Waals surface area contributed by atoms with Gasteiger partial charge in [-0.1, -0.05) is 6.92 Å². The summed E-state index contributed by atoms with van der Waals surface area (Å²) in [5.41, 5.74) is 7.99. The number of pyridine rings is 1. The van der Waals surface area contributed by atoms with Gasteiger partial charge in [0.2, 0.25) is 0 Å². The molecule has 1 aromatic heterocycles. The van der Waals surface area contributed by atoms with Crippen LogP contribution in [-0.2, 0) is 0 Å². The second kappa shape index (κ2) is 4.96. The predicted octanol–water partition coefficient (Wildman–Crippen LogP) is 1.95. The summed E-state index contributed by atoms with van der Waals surface area (Å²) >= 11 is 0. The lowest BCUT2D eigenvalue weighted by molar-refractivity contribution is 0.675. The second-order valence-corrected chi connectivity index (χ2v) is 3.47. The molecule has 78 valence electrons. The minimum absolute atomic E-state index is 0.0657. The van der Waals surface area contributed by atoms with Crippen molar-refractivity contribution in [1.82, 2.24) is 4.98 Å². The number of hydrogen-bond acceptors (Lipinski definition) is 3. The van der Waals surface area contributed by atoms with Gasteiger partial charge >= 0.3 is 0 Å². The van der Waals surface area contributed by atoms with E-state index in [0.717, 1.165) is 24.3 Å². The summed E-state index contributed by atoms with van der Waals surface area (Å²) in [6.45, 7) is 5.17. The Morgan fingerprint density at radius 1 is 1.43 bits per heavy atom. The van der Waals surface area contributed by atoms with Gasteiger partial charge in [-0.3, -0.25) is 4.98 Å². The van der Waals surface area contributed by atoms with Crippen molar-refractivity contribution in [2.75, 3.05) is 18.5 Å². The van der Waals surface area contributed by atoms with E-state index in [1.165, 1.54) is 0 Å². The molecule has 0 spiro atoms. The number of aromatic nitrogens is 1. The van der Waals surface area contributed by atoms with E-state index in [0.29, 0.717) is 0 Å². The molecule has 0 fully saturated rings. The SMILES string of the molecule is CC[C@@H](N)c1ccc(N(C)CC)cn1. The summed E-state index contributed by atoms with van der Waals surface area (Å²) in [7, 11) is 2.05. The summed E-state index contributed by atoms with van der Waals surface area (Å²) < 4.78 is 0. The Kier molecular flexibility index (Phi) is 3.89. The zero-order valence-corrected chi connectivity index (χ0v) is 9.20. The normalized spacial score (nSPS) is 12.6. The maximum absolute atomic E-state index is 5.88. The Hall–Kier alpha value is -1.09. The summed E-state index contributed by atoms with van der Waals surface area (Å²) in [5.74, 6) is 0. The van der Waals surface area contributed by atoms with Gasteiger partial charge in [0.1, 0.15) is 0 Å². The fourth-order valence-electron chi connectivity index (χ4n) is 1.23. The summed E-state index contributed by atoms with van der Waals surface area (Å²) in [6, 6.07) is 4.15. The van der Waals surface area contributed by atoms with Crippen molar-refractivity contribution in [2.45, 2.75) is 26.3 Å². The van der Waals surface area contributed by atoms with Crippen LogP contribution in [0.2, 0.25) is 0 Å². The van der Waals surface area contributed by atoms with Crippen LogP contribution in [0.3, 0.4) is 0 Å². The van der Waals surface area contributed by atoms with E-state index in [1.54, 1.807) is 0 Å². The van der Waals surface area contributed by atoms with Crippen LogP contribution in [0.1, 0.15) is 32.0 Å². The van der Waals surface area contributed by atoms with Crippen LogP contribution in [0, 0.1) is 0 Å². The molecule has 14 heavy (non-hydrogen) atoms. The average Bonchev–Trinajstić information content (AvgIpc) is 2.27. The van der Waals surface area contributed by atoms with Gasteiger partial charge in [0.15, 0.2) is 0 Å². The van der Waals surface area contributed by atoms with E-state index in [1.807, 2.05) is 12.3 Å². The standard InChI is InChI=1S/C11H19N3/c1-4-10(12)11-7-6-9(8-13-11)14(3)5-2/h6-8,10H,4-5,12H2,1-3H3/t10-/m1/s1. The highest BCUT2D eigenvalue weighted by Crippen LogP contribution is 2.15. The molecule has 0 aliphatic heterocycles. The van der Waals surface area contributed by atoms with Crippen LogP contribution >= 0.6 is 0 Å². The van der Waals surface area contributed by atoms with Gasteiger partial charge < -0.3 is 10.6 Å². The molecule has 0 unspecified atom stereocenters. The Labute approximate surface area is 85.9 Å². The molecule has 0 aliphatic rings. The minimum Gasteiger partial charge on any atom is -0.374 e. The van der Waals surface area contributed by atoms with Gasteiger partial charge in [0.05, 0.1) is 17.6 Å². The molecule has 0 saturated heterocycles. The van der Waals surface area contributed by atoms with Crippen molar-refractivity contribution in [3.05, 3.63) is 24.0 Å². The van der Waals surface area contributed by atoms with Gasteiger partial charge in [-0.25, -0.2) is 0 Å². The van der Waals surface area contributed by atoms with Crippen molar-refractivity contribution < 1.29 is 0 Å². The third kappa shape index (κ3) is 2.45. The minimum atomic E-state index is 0.0657. The van der Waals surface area contributed by atoms with Crippen molar-refractivity contribution in [3.8, 4) is 0 Å². The highest BCUT2D eigenvalue weighted by atomic mass is 15.1. The van der Waals surface area contributed by atoms with Crippen LogP contribution < -0.4 is 10.6 Å². The fraction of sp³-hybridized carbons (Fsp3) is 0.545. The molecule has 1 aromatic rings. The molecule has 1 atom stereocenters. The van der Waals surface area contributed by atoms with Crippen molar-refractivity contribution >= 4 is 5.69 Å². The van der Waals surface area contributed by atoms with Crippen molar-refractivity contribution in [2.24, 2.45) is 5.73 Å². The predicted molar refractivity (Wildman–Crippen MR) is 60.4 cm³/mol. The van der Waals surface area contributed by atoms with Gasteiger partial charge in [0.25, 0.3) is 0 Å². The van der Waals surface area contributed by atoms with Crippen LogP contribution in [0.5, 0.6) is 0 Å². The number of anilines is 1. The van der Waals surface area contributed by atoms with E-state index >= 15 is 0 Å². The smallest absolute Gasteiger partial charge is 0.0572 e. The summed E-state index contributed by atoms with van der Waals surface area (Å²) in [4.78, 5) is 6.50. The van der Waals surface area contributed by atoms with E-state index in [-0.39, 0.29) is 6.04 Å². The van der Waals surface area contributed by atoms with E-state index in [9.17, 15) is 0 Å².